The minimum absolute atomic E-state index is 0.00523. The van der Waals surface area contributed by atoms with Crippen molar-refractivity contribution in [3.63, 3.8) is 0 Å². The highest BCUT2D eigenvalue weighted by atomic mass is 32.2. The Labute approximate surface area is 203 Å². The number of hydrogen-bond acceptors (Lipinski definition) is 9. The maximum atomic E-state index is 13.5. The zero-order valence-electron chi connectivity index (χ0n) is 19.8. The standard InChI is InChI=1S/C23H24N4O6S2/c1-13-6-8-17(9-7-13)35(31,32)27-12-16(10-18-15(3)21(33-4)14(2)11-24-18)19-20(27)22(28)26-23(25-19)34(5,29)30/h6-9,11-12H,10H2,1-5H3,(H,25,26,28). The van der Waals surface area contributed by atoms with Crippen molar-refractivity contribution in [3.8, 4) is 11.6 Å². The topological polar surface area (TPSA) is 141 Å². The molecule has 10 nitrogen and oxygen atoms in total. The molecule has 35 heavy (non-hydrogen) atoms. The van der Waals surface area contributed by atoms with Crippen molar-refractivity contribution < 1.29 is 26.7 Å². The van der Waals surface area contributed by atoms with Crippen LogP contribution in [0.3, 0.4) is 0 Å². The molecule has 4 rings (SSSR count). The van der Waals surface area contributed by atoms with Gasteiger partial charge in [-0.1, -0.05) is 17.7 Å². The largest absolute Gasteiger partial charge is 0.496 e. The molecule has 0 saturated carbocycles. The summed E-state index contributed by atoms with van der Waals surface area (Å²) in [6.45, 7) is 5.51. The van der Waals surface area contributed by atoms with Gasteiger partial charge in [0.15, 0.2) is 0 Å². The zero-order chi connectivity index (χ0) is 25.7. The summed E-state index contributed by atoms with van der Waals surface area (Å²) in [6.07, 6.45) is 3.96. The smallest absolute Gasteiger partial charge is 0.268 e. The molecule has 1 aromatic carbocycles. The minimum Gasteiger partial charge on any atom is -0.496 e. The van der Waals surface area contributed by atoms with Crippen molar-refractivity contribution in [2.75, 3.05) is 13.4 Å². The molecule has 0 amide bonds. The fourth-order valence-electron chi connectivity index (χ4n) is 3.86. The van der Waals surface area contributed by atoms with Gasteiger partial charge in [-0.25, -0.2) is 25.8 Å². The number of fused-ring (bicyclic) bond motifs is 1. The average Bonchev–Trinajstić information content (AvgIpc) is 3.16. The van der Waals surface area contributed by atoms with Crippen molar-refractivity contribution in [2.45, 2.75) is 37.2 Å². The molecule has 0 fully saturated rings. The van der Waals surface area contributed by atoms with Crippen molar-refractivity contribution in [2.24, 2.45) is 0 Å². The van der Waals surface area contributed by atoms with Gasteiger partial charge in [-0.15, -0.1) is 0 Å². The van der Waals surface area contributed by atoms with E-state index < -0.39 is 30.9 Å². The van der Waals surface area contributed by atoms with Crippen LogP contribution in [0.4, 0.5) is 0 Å². The molecular formula is C23H24N4O6S2. The van der Waals surface area contributed by atoms with Crippen LogP contribution in [-0.2, 0) is 26.3 Å². The summed E-state index contributed by atoms with van der Waals surface area (Å²) in [5.74, 6) is -0.121. The van der Waals surface area contributed by atoms with E-state index >= 15 is 0 Å². The van der Waals surface area contributed by atoms with E-state index in [1.54, 1.807) is 25.4 Å². The van der Waals surface area contributed by atoms with Gasteiger partial charge in [-0.05, 0) is 32.9 Å². The molecular weight excluding hydrogens is 492 g/mol. The van der Waals surface area contributed by atoms with E-state index in [9.17, 15) is 21.9 Å². The third kappa shape index (κ3) is 4.34. The number of rotatable bonds is 6. The first-order chi connectivity index (χ1) is 16.3. The molecule has 0 radical (unpaired) electrons. The SMILES string of the molecule is COc1c(C)cnc(Cc2cn(S(=O)(=O)c3ccc(C)cc3)c3c(O)nc(S(C)(=O)=O)nc23)c1C. The second-order valence-corrected chi connectivity index (χ2v) is 12.0. The molecule has 0 atom stereocenters. The summed E-state index contributed by atoms with van der Waals surface area (Å²) >= 11 is 0. The Bertz CT molecular complexity index is 1680. The summed E-state index contributed by atoms with van der Waals surface area (Å²) in [5, 5.41) is 10.1. The Morgan fingerprint density at radius 1 is 1.03 bits per heavy atom. The fraction of sp³-hybridized carbons (Fsp3) is 0.261. The monoisotopic (exact) mass is 516 g/mol. The van der Waals surface area contributed by atoms with Gasteiger partial charge >= 0.3 is 0 Å². The summed E-state index contributed by atoms with van der Waals surface area (Å²) in [4.78, 5) is 12.2. The minimum atomic E-state index is -4.17. The summed E-state index contributed by atoms with van der Waals surface area (Å²) in [5.41, 5.74) is 3.16. The first kappa shape index (κ1) is 24.6. The van der Waals surface area contributed by atoms with Gasteiger partial charge in [-0.3, -0.25) is 4.98 Å². The Morgan fingerprint density at radius 3 is 2.29 bits per heavy atom. The highest BCUT2D eigenvalue weighted by Crippen LogP contribution is 2.33. The molecule has 3 aromatic heterocycles. The quantitative estimate of drug-likeness (QED) is 0.383. The van der Waals surface area contributed by atoms with E-state index in [2.05, 4.69) is 15.0 Å². The highest BCUT2D eigenvalue weighted by molar-refractivity contribution is 7.90. The molecule has 0 bridgehead atoms. The maximum Gasteiger partial charge on any atom is 0.268 e. The Morgan fingerprint density at radius 2 is 1.69 bits per heavy atom. The van der Waals surface area contributed by atoms with Gasteiger partial charge in [0, 0.05) is 41.8 Å². The molecule has 1 N–H and O–H groups in total. The second kappa shape index (κ2) is 8.61. The van der Waals surface area contributed by atoms with Gasteiger partial charge in [0.2, 0.25) is 15.7 Å². The average molecular weight is 517 g/mol. The van der Waals surface area contributed by atoms with Gasteiger partial charge in [-0.2, -0.15) is 4.98 Å². The van der Waals surface area contributed by atoms with Crippen LogP contribution in [0.15, 0.2) is 46.7 Å². The molecule has 3 heterocycles. The Hall–Kier alpha value is -3.51. The maximum absolute atomic E-state index is 13.5. The molecule has 12 heteroatoms. The Balaban J connectivity index is 2.01. The number of sulfone groups is 1. The van der Waals surface area contributed by atoms with Crippen LogP contribution in [0, 0.1) is 20.8 Å². The third-order valence-electron chi connectivity index (χ3n) is 5.66. The van der Waals surface area contributed by atoms with E-state index in [4.69, 9.17) is 4.74 Å². The lowest BCUT2D eigenvalue weighted by Crippen LogP contribution is -2.13. The van der Waals surface area contributed by atoms with Crippen LogP contribution in [0.25, 0.3) is 11.0 Å². The summed E-state index contributed by atoms with van der Waals surface area (Å²) < 4.78 is 57.7. The number of aryl methyl sites for hydroxylation is 2. The molecule has 0 saturated heterocycles. The summed E-state index contributed by atoms with van der Waals surface area (Å²) in [7, 11) is -6.52. The first-order valence-corrected chi connectivity index (χ1v) is 13.8. The zero-order valence-corrected chi connectivity index (χ0v) is 21.4. The molecule has 0 aliphatic heterocycles. The van der Waals surface area contributed by atoms with Gasteiger partial charge in [0.05, 0.1) is 17.7 Å². The Kier molecular flexibility index (Phi) is 6.05. The van der Waals surface area contributed by atoms with E-state index in [1.807, 2.05) is 20.8 Å². The van der Waals surface area contributed by atoms with E-state index in [1.165, 1.54) is 18.3 Å². The van der Waals surface area contributed by atoms with Gasteiger partial charge < -0.3 is 9.84 Å². The number of pyridine rings is 1. The fourth-order valence-corrected chi connectivity index (χ4v) is 5.75. The lowest BCUT2D eigenvalue weighted by molar-refractivity contribution is 0.407. The summed E-state index contributed by atoms with van der Waals surface area (Å²) in [6, 6.07) is 6.22. The number of hydrogen-bond donors (Lipinski definition) is 1. The number of methoxy groups -OCH3 is 1. The number of benzene rings is 1. The molecule has 0 unspecified atom stereocenters. The van der Waals surface area contributed by atoms with Crippen LogP contribution < -0.4 is 4.74 Å². The number of aromatic nitrogens is 4. The first-order valence-electron chi connectivity index (χ1n) is 10.5. The number of aromatic hydroxyl groups is 1. The van der Waals surface area contributed by atoms with Crippen LogP contribution in [-0.4, -0.2) is 54.2 Å². The van der Waals surface area contributed by atoms with Crippen LogP contribution in [0.1, 0.15) is 27.9 Å². The lowest BCUT2D eigenvalue weighted by atomic mass is 10.0. The van der Waals surface area contributed by atoms with Gasteiger partial charge in [0.25, 0.3) is 15.2 Å². The van der Waals surface area contributed by atoms with E-state index in [0.717, 1.165) is 26.9 Å². The predicted molar refractivity (Wildman–Crippen MR) is 129 cm³/mol. The predicted octanol–water partition coefficient (Wildman–Crippen LogP) is 2.70. The van der Waals surface area contributed by atoms with Crippen LogP contribution >= 0.6 is 0 Å². The highest BCUT2D eigenvalue weighted by Gasteiger charge is 2.28. The van der Waals surface area contributed by atoms with Crippen molar-refractivity contribution in [1.82, 2.24) is 18.9 Å². The third-order valence-corrected chi connectivity index (χ3v) is 8.18. The normalized spacial score (nSPS) is 12.3. The molecule has 4 aromatic rings. The molecule has 0 aliphatic carbocycles. The van der Waals surface area contributed by atoms with Crippen LogP contribution in [0.2, 0.25) is 0 Å². The van der Waals surface area contributed by atoms with Crippen molar-refractivity contribution in [3.05, 3.63) is 64.6 Å². The van der Waals surface area contributed by atoms with Crippen molar-refractivity contribution >= 4 is 30.9 Å². The van der Waals surface area contributed by atoms with Gasteiger partial charge in [0.1, 0.15) is 16.8 Å². The molecule has 0 spiro atoms. The molecule has 0 aliphatic rings. The van der Waals surface area contributed by atoms with Crippen LogP contribution in [0.5, 0.6) is 11.6 Å². The second-order valence-electron chi connectivity index (χ2n) is 8.29. The molecule has 184 valence electrons. The number of ether oxygens (including phenoxy) is 1. The lowest BCUT2D eigenvalue weighted by Gasteiger charge is -2.11. The number of nitrogens with zero attached hydrogens (tertiary/aromatic N) is 4. The van der Waals surface area contributed by atoms with E-state index in [-0.39, 0.29) is 22.3 Å². The van der Waals surface area contributed by atoms with E-state index in [0.29, 0.717) is 17.0 Å². The van der Waals surface area contributed by atoms with Crippen molar-refractivity contribution in [1.29, 1.82) is 0 Å².